The predicted molar refractivity (Wildman–Crippen MR) is 62.5 cm³/mol. The van der Waals surface area contributed by atoms with Crippen LogP contribution in [0.1, 0.15) is 16.8 Å². The van der Waals surface area contributed by atoms with Crippen LogP contribution in [-0.2, 0) is 13.1 Å². The molecule has 2 heteroatoms. The number of aromatic amines is 1. The fraction of sp³-hybridized carbons (Fsp3) is 0.231. The predicted octanol–water partition coefficient (Wildman–Crippen LogP) is 2.61. The Hall–Kier alpha value is -1.54. The number of hydrogen-bond donors (Lipinski definition) is 2. The maximum atomic E-state index is 3.40. The molecule has 1 aromatic carbocycles. The molecule has 2 aromatic rings. The summed E-state index contributed by atoms with van der Waals surface area (Å²) in [6.45, 7) is 3.93. The molecule has 0 fully saturated rings. The van der Waals surface area contributed by atoms with Crippen LogP contribution in [0.2, 0.25) is 0 Å². The van der Waals surface area contributed by atoms with Crippen LogP contribution in [0.25, 0.3) is 0 Å². The lowest BCUT2D eigenvalue weighted by Gasteiger charge is -2.04. The van der Waals surface area contributed by atoms with Crippen LogP contribution < -0.4 is 5.32 Å². The third-order valence-electron chi connectivity index (χ3n) is 2.39. The van der Waals surface area contributed by atoms with E-state index in [2.05, 4.69) is 47.6 Å². The van der Waals surface area contributed by atoms with Gasteiger partial charge in [0.2, 0.25) is 0 Å². The van der Waals surface area contributed by atoms with Gasteiger partial charge in [0.1, 0.15) is 0 Å². The Balaban J connectivity index is 1.83. The molecule has 2 nitrogen and oxygen atoms in total. The number of aryl methyl sites for hydroxylation is 1. The molecule has 0 radical (unpaired) electrons. The van der Waals surface area contributed by atoms with Crippen molar-refractivity contribution in [3.8, 4) is 0 Å². The third kappa shape index (κ3) is 2.96. The highest BCUT2D eigenvalue weighted by Crippen LogP contribution is 2.03. The van der Waals surface area contributed by atoms with Crippen LogP contribution in [0.5, 0.6) is 0 Å². The first-order chi connectivity index (χ1) is 7.34. The van der Waals surface area contributed by atoms with Crippen molar-refractivity contribution in [3.05, 3.63) is 59.4 Å². The average Bonchev–Trinajstić information content (AvgIpc) is 2.71. The van der Waals surface area contributed by atoms with Crippen LogP contribution in [0.3, 0.4) is 0 Å². The van der Waals surface area contributed by atoms with E-state index in [1.54, 1.807) is 0 Å². The number of hydrogen-bond acceptors (Lipinski definition) is 1. The fourth-order valence-electron chi connectivity index (χ4n) is 1.64. The van der Waals surface area contributed by atoms with Crippen LogP contribution in [0.4, 0.5) is 0 Å². The summed E-state index contributed by atoms with van der Waals surface area (Å²) in [6.07, 6.45) is 1.95. The van der Waals surface area contributed by atoms with Crippen molar-refractivity contribution >= 4 is 0 Å². The average molecular weight is 200 g/mol. The standard InChI is InChI=1S/C13H16N2/c1-11-4-2-5-12(8-11)9-14-10-13-6-3-7-15-13/h2-8,14-15H,9-10H2,1H3. The highest BCUT2D eigenvalue weighted by molar-refractivity contribution is 5.22. The Bertz CT molecular complexity index is 404. The van der Waals surface area contributed by atoms with Crippen molar-refractivity contribution in [3.63, 3.8) is 0 Å². The van der Waals surface area contributed by atoms with Crippen LogP contribution in [0.15, 0.2) is 42.6 Å². The van der Waals surface area contributed by atoms with E-state index in [9.17, 15) is 0 Å². The van der Waals surface area contributed by atoms with E-state index in [-0.39, 0.29) is 0 Å². The molecule has 2 N–H and O–H groups in total. The maximum absolute atomic E-state index is 3.40. The normalized spacial score (nSPS) is 10.5. The lowest BCUT2D eigenvalue weighted by Crippen LogP contribution is -2.12. The Morgan fingerprint density at radius 1 is 1.13 bits per heavy atom. The van der Waals surface area contributed by atoms with E-state index in [0.717, 1.165) is 13.1 Å². The highest BCUT2D eigenvalue weighted by atomic mass is 14.9. The largest absolute Gasteiger partial charge is 0.364 e. The molecule has 0 atom stereocenters. The molecule has 1 heterocycles. The highest BCUT2D eigenvalue weighted by Gasteiger charge is 1.94. The number of rotatable bonds is 4. The molecule has 0 aliphatic carbocycles. The molecule has 15 heavy (non-hydrogen) atoms. The van der Waals surface area contributed by atoms with Gasteiger partial charge in [-0.15, -0.1) is 0 Å². The molecular formula is C13H16N2. The van der Waals surface area contributed by atoms with Gasteiger partial charge in [0, 0.05) is 25.0 Å². The zero-order valence-electron chi connectivity index (χ0n) is 8.96. The second-order valence-electron chi connectivity index (χ2n) is 3.79. The summed E-state index contributed by atoms with van der Waals surface area (Å²) in [4.78, 5) is 3.17. The molecule has 0 aliphatic heterocycles. The summed E-state index contributed by atoms with van der Waals surface area (Å²) in [5.41, 5.74) is 3.87. The van der Waals surface area contributed by atoms with Gasteiger partial charge in [-0.25, -0.2) is 0 Å². The lowest BCUT2D eigenvalue weighted by atomic mass is 10.1. The van der Waals surface area contributed by atoms with Crippen molar-refractivity contribution in [1.82, 2.24) is 10.3 Å². The first kappa shape index (κ1) is 9.99. The zero-order valence-corrected chi connectivity index (χ0v) is 8.96. The van der Waals surface area contributed by atoms with Gasteiger partial charge in [-0.2, -0.15) is 0 Å². The molecule has 0 bridgehead atoms. The molecule has 0 amide bonds. The number of nitrogens with one attached hydrogen (secondary N) is 2. The number of H-pyrrole nitrogens is 1. The van der Waals surface area contributed by atoms with Gasteiger partial charge in [-0.05, 0) is 24.6 Å². The van der Waals surface area contributed by atoms with Crippen LogP contribution in [0, 0.1) is 6.92 Å². The maximum Gasteiger partial charge on any atom is 0.0360 e. The van der Waals surface area contributed by atoms with E-state index in [4.69, 9.17) is 0 Å². The first-order valence-corrected chi connectivity index (χ1v) is 5.23. The lowest BCUT2D eigenvalue weighted by molar-refractivity contribution is 0.682. The summed E-state index contributed by atoms with van der Waals surface area (Å²) in [5.74, 6) is 0. The Morgan fingerprint density at radius 2 is 2.07 bits per heavy atom. The van der Waals surface area contributed by atoms with Gasteiger partial charge in [0.25, 0.3) is 0 Å². The van der Waals surface area contributed by atoms with Crippen molar-refractivity contribution in [1.29, 1.82) is 0 Å². The van der Waals surface area contributed by atoms with E-state index in [1.165, 1.54) is 16.8 Å². The van der Waals surface area contributed by atoms with E-state index < -0.39 is 0 Å². The molecule has 0 saturated carbocycles. The van der Waals surface area contributed by atoms with Gasteiger partial charge in [0.15, 0.2) is 0 Å². The van der Waals surface area contributed by atoms with Gasteiger partial charge in [-0.3, -0.25) is 0 Å². The molecule has 0 spiro atoms. The minimum absolute atomic E-state index is 0.890. The van der Waals surface area contributed by atoms with Gasteiger partial charge < -0.3 is 10.3 Å². The summed E-state index contributed by atoms with van der Waals surface area (Å²) in [5, 5.41) is 3.40. The smallest absolute Gasteiger partial charge is 0.0360 e. The fourth-order valence-corrected chi connectivity index (χ4v) is 1.64. The minimum atomic E-state index is 0.890. The summed E-state index contributed by atoms with van der Waals surface area (Å²) in [7, 11) is 0. The van der Waals surface area contributed by atoms with Crippen LogP contribution >= 0.6 is 0 Å². The number of aromatic nitrogens is 1. The topological polar surface area (TPSA) is 27.8 Å². The Kier molecular flexibility index (Phi) is 3.20. The molecular weight excluding hydrogens is 184 g/mol. The van der Waals surface area contributed by atoms with Crippen molar-refractivity contribution in [2.24, 2.45) is 0 Å². The number of benzene rings is 1. The second kappa shape index (κ2) is 4.80. The van der Waals surface area contributed by atoms with Crippen LogP contribution in [-0.4, -0.2) is 4.98 Å². The summed E-state index contributed by atoms with van der Waals surface area (Å²) >= 11 is 0. The van der Waals surface area contributed by atoms with E-state index in [1.807, 2.05) is 12.3 Å². The van der Waals surface area contributed by atoms with E-state index >= 15 is 0 Å². The first-order valence-electron chi connectivity index (χ1n) is 5.23. The summed E-state index contributed by atoms with van der Waals surface area (Å²) in [6, 6.07) is 12.7. The Morgan fingerprint density at radius 3 is 2.80 bits per heavy atom. The molecule has 1 aromatic heterocycles. The minimum Gasteiger partial charge on any atom is -0.364 e. The summed E-state index contributed by atoms with van der Waals surface area (Å²) < 4.78 is 0. The van der Waals surface area contributed by atoms with Crippen molar-refractivity contribution < 1.29 is 0 Å². The quantitative estimate of drug-likeness (QED) is 0.780. The molecule has 0 saturated heterocycles. The monoisotopic (exact) mass is 200 g/mol. The SMILES string of the molecule is Cc1cccc(CNCc2ccc[nH]2)c1. The Labute approximate surface area is 90.3 Å². The molecule has 0 aliphatic rings. The second-order valence-corrected chi connectivity index (χ2v) is 3.79. The molecule has 78 valence electrons. The van der Waals surface area contributed by atoms with Gasteiger partial charge >= 0.3 is 0 Å². The van der Waals surface area contributed by atoms with Crippen molar-refractivity contribution in [2.75, 3.05) is 0 Å². The molecule has 2 rings (SSSR count). The third-order valence-corrected chi connectivity index (χ3v) is 2.39. The van der Waals surface area contributed by atoms with Crippen molar-refractivity contribution in [2.45, 2.75) is 20.0 Å². The van der Waals surface area contributed by atoms with Gasteiger partial charge in [-0.1, -0.05) is 29.8 Å². The molecule has 0 unspecified atom stereocenters. The zero-order chi connectivity index (χ0) is 10.5. The van der Waals surface area contributed by atoms with E-state index in [0.29, 0.717) is 0 Å². The van der Waals surface area contributed by atoms with Gasteiger partial charge in [0.05, 0.1) is 0 Å².